The molecule has 0 spiro atoms. The minimum Gasteiger partial charge on any atom is -0.480 e. The number of aryl methyl sites for hydroxylation is 1. The SMILES string of the molecule is NC(CCc1ccc(Cl)s1)C(=O)O. The van der Waals surface area contributed by atoms with Gasteiger partial charge in [0, 0.05) is 4.88 Å². The number of rotatable bonds is 4. The van der Waals surface area contributed by atoms with E-state index < -0.39 is 12.0 Å². The monoisotopic (exact) mass is 219 g/mol. The van der Waals surface area contributed by atoms with Crippen LogP contribution < -0.4 is 5.73 Å². The van der Waals surface area contributed by atoms with Gasteiger partial charge in [0.1, 0.15) is 6.04 Å². The molecule has 3 N–H and O–H groups in total. The first-order valence-electron chi connectivity index (χ1n) is 3.82. The predicted octanol–water partition coefficient (Wildman–Crippen LogP) is 1.75. The average molecular weight is 220 g/mol. The van der Waals surface area contributed by atoms with Crippen LogP contribution in [0.25, 0.3) is 0 Å². The van der Waals surface area contributed by atoms with Crippen molar-refractivity contribution in [3.05, 3.63) is 21.3 Å². The third kappa shape index (κ3) is 3.34. The molecule has 0 aliphatic heterocycles. The summed E-state index contributed by atoms with van der Waals surface area (Å²) in [5.41, 5.74) is 5.34. The highest BCUT2D eigenvalue weighted by molar-refractivity contribution is 7.16. The van der Waals surface area contributed by atoms with Crippen LogP contribution in [0.5, 0.6) is 0 Å². The van der Waals surface area contributed by atoms with E-state index in [1.807, 2.05) is 6.07 Å². The van der Waals surface area contributed by atoms with Crippen LogP contribution >= 0.6 is 22.9 Å². The smallest absolute Gasteiger partial charge is 0.320 e. The summed E-state index contributed by atoms with van der Waals surface area (Å²) < 4.78 is 0.721. The summed E-state index contributed by atoms with van der Waals surface area (Å²) in [6.45, 7) is 0. The highest BCUT2D eigenvalue weighted by Crippen LogP contribution is 2.22. The highest BCUT2D eigenvalue weighted by atomic mass is 35.5. The maximum atomic E-state index is 10.4. The molecule has 0 aromatic carbocycles. The molecule has 1 unspecified atom stereocenters. The van der Waals surface area contributed by atoms with E-state index in [0.717, 1.165) is 9.21 Å². The van der Waals surface area contributed by atoms with Crippen molar-refractivity contribution in [2.24, 2.45) is 5.73 Å². The molecule has 1 atom stereocenters. The molecule has 0 bridgehead atoms. The van der Waals surface area contributed by atoms with E-state index in [1.165, 1.54) is 11.3 Å². The maximum absolute atomic E-state index is 10.4. The molecule has 0 fully saturated rings. The fourth-order valence-corrected chi connectivity index (χ4v) is 2.01. The quantitative estimate of drug-likeness (QED) is 0.811. The van der Waals surface area contributed by atoms with Crippen LogP contribution in [0, 0.1) is 0 Å². The molecular weight excluding hydrogens is 210 g/mol. The molecule has 1 heterocycles. The number of hydrogen-bond donors (Lipinski definition) is 2. The topological polar surface area (TPSA) is 63.3 Å². The number of carbonyl (C=O) groups is 1. The van der Waals surface area contributed by atoms with E-state index in [0.29, 0.717) is 12.8 Å². The number of aliphatic carboxylic acids is 1. The molecule has 0 radical (unpaired) electrons. The summed E-state index contributed by atoms with van der Waals surface area (Å²) in [5.74, 6) is -0.956. The molecule has 0 saturated heterocycles. The van der Waals surface area contributed by atoms with Crippen LogP contribution in [-0.2, 0) is 11.2 Å². The van der Waals surface area contributed by atoms with Crippen LogP contribution in [0.4, 0.5) is 0 Å². The summed E-state index contributed by atoms with van der Waals surface area (Å²) >= 11 is 7.17. The molecule has 0 aliphatic carbocycles. The van der Waals surface area contributed by atoms with E-state index >= 15 is 0 Å². The number of carboxylic acids is 1. The van der Waals surface area contributed by atoms with Gasteiger partial charge < -0.3 is 10.8 Å². The Kier molecular flexibility index (Phi) is 3.71. The molecule has 13 heavy (non-hydrogen) atoms. The molecule has 1 aromatic heterocycles. The molecule has 3 nitrogen and oxygen atoms in total. The number of carboxylic acid groups (broad SMARTS) is 1. The molecule has 0 aliphatic rings. The van der Waals surface area contributed by atoms with Crippen molar-refractivity contribution in [2.75, 3.05) is 0 Å². The van der Waals surface area contributed by atoms with E-state index in [1.54, 1.807) is 6.07 Å². The first kappa shape index (κ1) is 10.5. The first-order chi connectivity index (χ1) is 6.09. The fourth-order valence-electron chi connectivity index (χ4n) is 0.907. The van der Waals surface area contributed by atoms with E-state index in [9.17, 15) is 4.79 Å². The Bertz CT molecular complexity index is 300. The molecular formula is C8H10ClNO2S. The van der Waals surface area contributed by atoms with Gasteiger partial charge in [-0.05, 0) is 25.0 Å². The van der Waals surface area contributed by atoms with Gasteiger partial charge in [0.15, 0.2) is 0 Å². The van der Waals surface area contributed by atoms with Crippen molar-refractivity contribution in [3.8, 4) is 0 Å². The lowest BCUT2D eigenvalue weighted by molar-refractivity contribution is -0.138. The standard InChI is InChI=1S/C8H10ClNO2S/c9-7-4-2-5(13-7)1-3-6(10)8(11)12/h2,4,6H,1,3,10H2,(H,11,12). The maximum Gasteiger partial charge on any atom is 0.320 e. The Labute approximate surface area is 85.1 Å². The minimum absolute atomic E-state index is 0.451. The van der Waals surface area contributed by atoms with Gasteiger partial charge in [0.05, 0.1) is 4.34 Å². The number of thiophene rings is 1. The second kappa shape index (κ2) is 4.60. The van der Waals surface area contributed by atoms with E-state index in [4.69, 9.17) is 22.4 Å². The van der Waals surface area contributed by atoms with Gasteiger partial charge in [-0.3, -0.25) is 4.79 Å². The second-order valence-corrected chi connectivity index (χ2v) is 4.49. The number of hydrogen-bond acceptors (Lipinski definition) is 3. The summed E-state index contributed by atoms with van der Waals surface area (Å²) in [5, 5.41) is 8.52. The van der Waals surface area contributed by atoms with E-state index in [-0.39, 0.29) is 0 Å². The van der Waals surface area contributed by atoms with Crippen molar-refractivity contribution in [1.29, 1.82) is 0 Å². The lowest BCUT2D eigenvalue weighted by Crippen LogP contribution is -2.30. The number of halogens is 1. The lowest BCUT2D eigenvalue weighted by atomic mass is 10.1. The summed E-state index contributed by atoms with van der Waals surface area (Å²) in [4.78, 5) is 11.4. The summed E-state index contributed by atoms with van der Waals surface area (Å²) in [7, 11) is 0. The lowest BCUT2D eigenvalue weighted by Gasteiger charge is -2.03. The van der Waals surface area contributed by atoms with Crippen molar-refractivity contribution in [3.63, 3.8) is 0 Å². The van der Waals surface area contributed by atoms with Gasteiger partial charge in [0.2, 0.25) is 0 Å². The highest BCUT2D eigenvalue weighted by Gasteiger charge is 2.11. The summed E-state index contributed by atoms with van der Waals surface area (Å²) in [6.07, 6.45) is 1.12. The van der Waals surface area contributed by atoms with Gasteiger partial charge >= 0.3 is 5.97 Å². The first-order valence-corrected chi connectivity index (χ1v) is 5.01. The normalized spacial score (nSPS) is 12.8. The third-order valence-corrected chi connectivity index (χ3v) is 2.94. The van der Waals surface area contributed by atoms with Crippen molar-refractivity contribution < 1.29 is 9.90 Å². The third-order valence-electron chi connectivity index (χ3n) is 1.65. The Morgan fingerprint density at radius 3 is 2.85 bits per heavy atom. The Morgan fingerprint density at radius 1 is 1.69 bits per heavy atom. The predicted molar refractivity (Wildman–Crippen MR) is 53.3 cm³/mol. The fraction of sp³-hybridized carbons (Fsp3) is 0.375. The van der Waals surface area contributed by atoms with Crippen molar-refractivity contribution >= 4 is 28.9 Å². The largest absolute Gasteiger partial charge is 0.480 e. The molecule has 0 amide bonds. The van der Waals surface area contributed by atoms with Crippen LogP contribution in [0.2, 0.25) is 4.34 Å². The Morgan fingerprint density at radius 2 is 2.38 bits per heavy atom. The van der Waals surface area contributed by atoms with Crippen LogP contribution in [0.3, 0.4) is 0 Å². The van der Waals surface area contributed by atoms with Gasteiger partial charge in [-0.2, -0.15) is 0 Å². The summed E-state index contributed by atoms with van der Waals surface area (Å²) in [6, 6.07) is 2.91. The molecule has 0 saturated carbocycles. The number of nitrogens with two attached hydrogens (primary N) is 1. The molecule has 1 rings (SSSR count). The Hall–Kier alpha value is -0.580. The molecule has 72 valence electrons. The van der Waals surface area contributed by atoms with Crippen LogP contribution in [0.15, 0.2) is 12.1 Å². The van der Waals surface area contributed by atoms with E-state index in [2.05, 4.69) is 0 Å². The van der Waals surface area contributed by atoms with Crippen molar-refractivity contribution in [1.82, 2.24) is 0 Å². The van der Waals surface area contributed by atoms with Crippen LogP contribution in [-0.4, -0.2) is 17.1 Å². The Balaban J connectivity index is 2.39. The van der Waals surface area contributed by atoms with Gasteiger partial charge in [0.25, 0.3) is 0 Å². The van der Waals surface area contributed by atoms with Crippen LogP contribution in [0.1, 0.15) is 11.3 Å². The second-order valence-electron chi connectivity index (χ2n) is 2.69. The zero-order chi connectivity index (χ0) is 9.84. The van der Waals surface area contributed by atoms with Gasteiger partial charge in [-0.15, -0.1) is 11.3 Å². The zero-order valence-electron chi connectivity index (χ0n) is 6.87. The molecule has 1 aromatic rings. The van der Waals surface area contributed by atoms with Gasteiger partial charge in [-0.25, -0.2) is 0 Å². The zero-order valence-corrected chi connectivity index (χ0v) is 8.44. The minimum atomic E-state index is -0.956. The van der Waals surface area contributed by atoms with Crippen molar-refractivity contribution in [2.45, 2.75) is 18.9 Å². The average Bonchev–Trinajstić information content (AvgIpc) is 2.47. The van der Waals surface area contributed by atoms with Gasteiger partial charge in [-0.1, -0.05) is 11.6 Å². The molecule has 5 heteroatoms.